The Morgan fingerprint density at radius 1 is 1.20 bits per heavy atom. The van der Waals surface area contributed by atoms with Crippen molar-refractivity contribution in [3.63, 3.8) is 0 Å². The van der Waals surface area contributed by atoms with Crippen molar-refractivity contribution in [1.29, 1.82) is 0 Å². The number of rotatable bonds is 8. The Bertz CT molecular complexity index is 565. The number of hydrogen-bond donors (Lipinski definition) is 1. The number of amides is 1. The molecule has 138 valence electrons. The Balaban J connectivity index is 1.46. The number of benzene rings is 1. The van der Waals surface area contributed by atoms with Crippen LogP contribution in [0.5, 0.6) is 5.75 Å². The standard InChI is InChI=1S/C20H30N2O3/c1-20(24-2,16-6-7-16)19(23)21-17-8-10-18(11-9-17)25-15-14-22-12-4-3-5-13-22/h8-11,16H,3-7,12-15H2,1-2H3,(H,21,23). The highest BCUT2D eigenvalue weighted by Crippen LogP contribution is 2.42. The van der Waals surface area contributed by atoms with Gasteiger partial charge in [-0.2, -0.15) is 0 Å². The molecule has 1 heterocycles. The summed E-state index contributed by atoms with van der Waals surface area (Å²) in [6.07, 6.45) is 6.07. The maximum Gasteiger partial charge on any atom is 0.256 e. The van der Waals surface area contributed by atoms with Crippen LogP contribution in [0.15, 0.2) is 24.3 Å². The summed E-state index contributed by atoms with van der Waals surface area (Å²) < 4.78 is 11.3. The van der Waals surface area contributed by atoms with E-state index in [0.717, 1.165) is 30.8 Å². The number of carbonyl (C=O) groups is 1. The number of ether oxygens (including phenoxy) is 2. The fourth-order valence-corrected chi connectivity index (χ4v) is 3.44. The summed E-state index contributed by atoms with van der Waals surface area (Å²) in [5.41, 5.74) is 0.0428. The monoisotopic (exact) mass is 346 g/mol. The van der Waals surface area contributed by atoms with Crippen molar-refractivity contribution in [2.24, 2.45) is 5.92 Å². The zero-order valence-electron chi connectivity index (χ0n) is 15.4. The van der Waals surface area contributed by atoms with Crippen LogP contribution in [0.4, 0.5) is 5.69 Å². The molecule has 2 aliphatic rings. The van der Waals surface area contributed by atoms with Gasteiger partial charge in [0.2, 0.25) is 0 Å². The molecule has 1 aromatic rings. The van der Waals surface area contributed by atoms with Crippen molar-refractivity contribution < 1.29 is 14.3 Å². The highest BCUT2D eigenvalue weighted by molar-refractivity contribution is 5.97. The first kappa shape index (κ1) is 18.2. The number of nitrogens with zero attached hydrogens (tertiary/aromatic N) is 1. The molecule has 1 saturated heterocycles. The van der Waals surface area contributed by atoms with E-state index < -0.39 is 5.60 Å². The number of carbonyl (C=O) groups excluding carboxylic acids is 1. The molecule has 1 aliphatic carbocycles. The summed E-state index contributed by atoms with van der Waals surface area (Å²) >= 11 is 0. The van der Waals surface area contributed by atoms with E-state index in [9.17, 15) is 4.79 Å². The topological polar surface area (TPSA) is 50.8 Å². The van der Waals surface area contributed by atoms with Crippen molar-refractivity contribution in [2.45, 2.75) is 44.6 Å². The Morgan fingerprint density at radius 2 is 1.88 bits per heavy atom. The zero-order valence-corrected chi connectivity index (χ0v) is 15.4. The van der Waals surface area contributed by atoms with E-state index in [0.29, 0.717) is 12.5 Å². The van der Waals surface area contributed by atoms with Gasteiger partial charge in [-0.25, -0.2) is 0 Å². The lowest BCUT2D eigenvalue weighted by molar-refractivity contribution is -0.138. The molecule has 1 saturated carbocycles. The Morgan fingerprint density at radius 3 is 2.48 bits per heavy atom. The lowest BCUT2D eigenvalue weighted by Crippen LogP contribution is -2.44. The number of nitrogens with one attached hydrogen (secondary N) is 1. The third kappa shape index (κ3) is 4.73. The van der Waals surface area contributed by atoms with Crippen LogP contribution in [0.3, 0.4) is 0 Å². The van der Waals surface area contributed by atoms with Crippen molar-refractivity contribution >= 4 is 11.6 Å². The minimum atomic E-state index is -0.733. The van der Waals surface area contributed by atoms with Gasteiger partial charge < -0.3 is 14.8 Å². The second-order valence-corrected chi connectivity index (χ2v) is 7.31. The maximum atomic E-state index is 12.5. The van der Waals surface area contributed by atoms with Gasteiger partial charge in [0.25, 0.3) is 5.91 Å². The molecule has 1 unspecified atom stereocenters. The number of hydrogen-bond acceptors (Lipinski definition) is 4. The van der Waals surface area contributed by atoms with Crippen LogP contribution >= 0.6 is 0 Å². The van der Waals surface area contributed by atoms with E-state index in [2.05, 4.69) is 10.2 Å². The predicted octanol–water partition coefficient (Wildman–Crippen LogP) is 3.30. The van der Waals surface area contributed by atoms with E-state index >= 15 is 0 Å². The molecule has 3 rings (SSSR count). The van der Waals surface area contributed by atoms with Crippen LogP contribution in [-0.2, 0) is 9.53 Å². The molecule has 5 heteroatoms. The van der Waals surface area contributed by atoms with Gasteiger partial charge >= 0.3 is 0 Å². The summed E-state index contributed by atoms with van der Waals surface area (Å²) in [6.45, 7) is 5.93. The molecule has 5 nitrogen and oxygen atoms in total. The summed E-state index contributed by atoms with van der Waals surface area (Å²) in [6, 6.07) is 7.59. The average molecular weight is 346 g/mol. The van der Waals surface area contributed by atoms with Gasteiger partial charge in [0.15, 0.2) is 0 Å². The second-order valence-electron chi connectivity index (χ2n) is 7.31. The van der Waals surface area contributed by atoms with Crippen molar-refractivity contribution in [3.05, 3.63) is 24.3 Å². The summed E-state index contributed by atoms with van der Waals surface area (Å²) in [4.78, 5) is 15.0. The zero-order chi connectivity index (χ0) is 17.7. The lowest BCUT2D eigenvalue weighted by atomic mass is 9.99. The fraction of sp³-hybridized carbons (Fsp3) is 0.650. The number of likely N-dealkylation sites (tertiary alicyclic amines) is 1. The van der Waals surface area contributed by atoms with E-state index in [1.54, 1.807) is 7.11 Å². The molecule has 2 fully saturated rings. The molecule has 1 amide bonds. The number of methoxy groups -OCH3 is 1. The second kappa shape index (κ2) is 8.19. The largest absolute Gasteiger partial charge is 0.492 e. The van der Waals surface area contributed by atoms with Crippen molar-refractivity contribution in [2.75, 3.05) is 38.7 Å². The van der Waals surface area contributed by atoms with Gasteiger partial charge in [-0.05, 0) is 75.9 Å². The van der Waals surface area contributed by atoms with E-state index in [1.165, 1.54) is 32.4 Å². The summed E-state index contributed by atoms with van der Waals surface area (Å²) in [5.74, 6) is 1.10. The molecule has 0 aromatic heterocycles. The Kier molecular flexibility index (Phi) is 5.97. The first-order chi connectivity index (χ1) is 12.1. The van der Waals surface area contributed by atoms with E-state index in [-0.39, 0.29) is 5.91 Å². The van der Waals surface area contributed by atoms with Crippen molar-refractivity contribution in [3.8, 4) is 5.75 Å². The number of anilines is 1. The smallest absolute Gasteiger partial charge is 0.256 e. The van der Waals surface area contributed by atoms with Crippen LogP contribution in [0, 0.1) is 5.92 Å². The minimum absolute atomic E-state index is 0.0729. The van der Waals surface area contributed by atoms with Crippen molar-refractivity contribution in [1.82, 2.24) is 4.90 Å². The van der Waals surface area contributed by atoms with Gasteiger partial charge in [0.05, 0.1) is 0 Å². The normalized spacial score (nSPS) is 20.7. The quantitative estimate of drug-likeness (QED) is 0.785. The summed E-state index contributed by atoms with van der Waals surface area (Å²) in [7, 11) is 1.61. The maximum absolute atomic E-state index is 12.5. The molecule has 1 N–H and O–H groups in total. The van der Waals surface area contributed by atoms with E-state index in [1.807, 2.05) is 31.2 Å². The van der Waals surface area contributed by atoms with Crippen LogP contribution in [0.1, 0.15) is 39.0 Å². The third-order valence-corrected chi connectivity index (χ3v) is 5.47. The summed E-state index contributed by atoms with van der Waals surface area (Å²) in [5, 5.41) is 2.96. The predicted molar refractivity (Wildman–Crippen MR) is 99.0 cm³/mol. The van der Waals surface area contributed by atoms with E-state index in [4.69, 9.17) is 9.47 Å². The average Bonchev–Trinajstić information content (AvgIpc) is 3.49. The van der Waals surface area contributed by atoms with Crippen LogP contribution in [0.25, 0.3) is 0 Å². The minimum Gasteiger partial charge on any atom is -0.492 e. The lowest BCUT2D eigenvalue weighted by Gasteiger charge is -2.27. The molecular formula is C20H30N2O3. The van der Waals surface area contributed by atoms with Crippen LogP contribution in [0.2, 0.25) is 0 Å². The SMILES string of the molecule is COC(C)(C(=O)Nc1ccc(OCCN2CCCCC2)cc1)C1CC1. The highest BCUT2D eigenvalue weighted by atomic mass is 16.5. The third-order valence-electron chi connectivity index (χ3n) is 5.47. The molecular weight excluding hydrogens is 316 g/mol. The molecule has 1 atom stereocenters. The molecule has 0 spiro atoms. The van der Waals surface area contributed by atoms with Gasteiger partial charge in [0, 0.05) is 19.3 Å². The number of piperidine rings is 1. The van der Waals surface area contributed by atoms with Gasteiger partial charge in [0.1, 0.15) is 18.0 Å². The molecule has 1 aliphatic heterocycles. The van der Waals surface area contributed by atoms with Crippen LogP contribution < -0.4 is 10.1 Å². The first-order valence-corrected chi connectivity index (χ1v) is 9.43. The van der Waals surface area contributed by atoms with Gasteiger partial charge in [-0.3, -0.25) is 9.69 Å². The Hall–Kier alpha value is -1.59. The molecule has 25 heavy (non-hydrogen) atoms. The fourth-order valence-electron chi connectivity index (χ4n) is 3.44. The van der Waals surface area contributed by atoms with Gasteiger partial charge in [-0.1, -0.05) is 6.42 Å². The highest BCUT2D eigenvalue weighted by Gasteiger charge is 2.47. The Labute approximate surface area is 150 Å². The molecule has 0 bridgehead atoms. The van der Waals surface area contributed by atoms with Gasteiger partial charge in [-0.15, -0.1) is 0 Å². The van der Waals surface area contributed by atoms with Crippen LogP contribution in [-0.4, -0.2) is 49.8 Å². The first-order valence-electron chi connectivity index (χ1n) is 9.43. The molecule has 0 radical (unpaired) electrons. The molecule has 1 aromatic carbocycles.